The highest BCUT2D eigenvalue weighted by atomic mass is 32.2. The Kier molecular flexibility index (Phi) is 6.43. The van der Waals surface area contributed by atoms with Crippen LogP contribution in [0.3, 0.4) is 0 Å². The van der Waals surface area contributed by atoms with Crippen molar-refractivity contribution in [2.45, 2.75) is 45.6 Å². The van der Waals surface area contributed by atoms with E-state index < -0.39 is 0 Å². The molecular formula is C15H25N3OS. The Bertz CT molecular complexity index is 413. The molecule has 1 aromatic heterocycles. The summed E-state index contributed by atoms with van der Waals surface area (Å²) in [5, 5.41) is 0. The minimum atomic E-state index is 0.357. The number of nitrogens with zero attached hydrogens (tertiary/aromatic N) is 3. The maximum Gasteiger partial charge on any atom is 0.222 e. The number of hydrogen-bond donors (Lipinski definition) is 0. The summed E-state index contributed by atoms with van der Waals surface area (Å²) < 4.78 is 2.19. The second-order valence-corrected chi connectivity index (χ2v) is 6.55. The Morgan fingerprint density at radius 1 is 1.25 bits per heavy atom. The van der Waals surface area contributed by atoms with Gasteiger partial charge >= 0.3 is 0 Å². The molecule has 2 rings (SSSR count). The minimum Gasteiger partial charge on any atom is -0.341 e. The number of unbranched alkanes of at least 4 members (excludes halogenated alkanes) is 3. The van der Waals surface area contributed by atoms with Crippen molar-refractivity contribution in [3.05, 3.63) is 18.2 Å². The van der Waals surface area contributed by atoms with E-state index in [1.165, 1.54) is 12.8 Å². The number of carbonyl (C=O) groups excluding carboxylic acids is 1. The van der Waals surface area contributed by atoms with E-state index in [2.05, 4.69) is 9.55 Å². The molecule has 0 radical (unpaired) electrons. The molecule has 1 saturated heterocycles. The Labute approximate surface area is 125 Å². The molecule has 1 aromatic rings. The third-order valence-electron chi connectivity index (χ3n) is 3.83. The molecule has 1 amide bonds. The van der Waals surface area contributed by atoms with Gasteiger partial charge in [-0.25, -0.2) is 4.98 Å². The maximum absolute atomic E-state index is 12.0. The van der Waals surface area contributed by atoms with Crippen LogP contribution in [0.15, 0.2) is 12.4 Å². The third kappa shape index (κ3) is 4.85. The molecule has 0 bridgehead atoms. The molecule has 4 nitrogen and oxygen atoms in total. The van der Waals surface area contributed by atoms with Gasteiger partial charge in [0.25, 0.3) is 0 Å². The Hall–Kier alpha value is -0.970. The molecular weight excluding hydrogens is 270 g/mol. The topological polar surface area (TPSA) is 38.1 Å². The number of aromatic nitrogens is 2. The lowest BCUT2D eigenvalue weighted by Crippen LogP contribution is -2.37. The van der Waals surface area contributed by atoms with E-state index in [1.54, 1.807) is 0 Å². The lowest BCUT2D eigenvalue weighted by atomic mass is 10.1. The van der Waals surface area contributed by atoms with Crippen molar-refractivity contribution < 1.29 is 4.79 Å². The largest absolute Gasteiger partial charge is 0.341 e. The van der Waals surface area contributed by atoms with E-state index in [9.17, 15) is 4.79 Å². The zero-order valence-corrected chi connectivity index (χ0v) is 13.2. The lowest BCUT2D eigenvalue weighted by Gasteiger charge is -2.26. The van der Waals surface area contributed by atoms with Gasteiger partial charge in [-0.15, -0.1) is 0 Å². The van der Waals surface area contributed by atoms with Gasteiger partial charge in [-0.1, -0.05) is 12.8 Å². The van der Waals surface area contributed by atoms with Gasteiger partial charge in [0.15, 0.2) is 0 Å². The van der Waals surface area contributed by atoms with Crippen molar-refractivity contribution in [2.75, 3.05) is 24.6 Å². The highest BCUT2D eigenvalue weighted by Crippen LogP contribution is 2.12. The quantitative estimate of drug-likeness (QED) is 0.726. The summed E-state index contributed by atoms with van der Waals surface area (Å²) in [5.41, 5.74) is 0. The molecule has 0 unspecified atom stereocenters. The number of thioether (sulfide) groups is 1. The normalized spacial score (nSPS) is 15.6. The van der Waals surface area contributed by atoms with Crippen molar-refractivity contribution >= 4 is 17.7 Å². The van der Waals surface area contributed by atoms with Crippen molar-refractivity contribution in [1.82, 2.24) is 14.5 Å². The van der Waals surface area contributed by atoms with Gasteiger partial charge in [0, 0.05) is 50.0 Å². The van der Waals surface area contributed by atoms with E-state index in [0.717, 1.165) is 56.2 Å². The van der Waals surface area contributed by atoms with Crippen LogP contribution in [0, 0.1) is 6.92 Å². The van der Waals surface area contributed by atoms with Crippen LogP contribution in [0.5, 0.6) is 0 Å². The highest BCUT2D eigenvalue weighted by molar-refractivity contribution is 7.99. The predicted octanol–water partition coefficient (Wildman–Crippen LogP) is 2.72. The Morgan fingerprint density at radius 3 is 2.70 bits per heavy atom. The van der Waals surface area contributed by atoms with Crippen LogP contribution in [-0.2, 0) is 11.3 Å². The van der Waals surface area contributed by atoms with E-state index in [4.69, 9.17) is 0 Å². The number of hydrogen-bond acceptors (Lipinski definition) is 3. The third-order valence-corrected chi connectivity index (χ3v) is 4.77. The summed E-state index contributed by atoms with van der Waals surface area (Å²) in [7, 11) is 0. The predicted molar refractivity (Wildman–Crippen MR) is 84.0 cm³/mol. The van der Waals surface area contributed by atoms with Gasteiger partial charge in [0.1, 0.15) is 5.82 Å². The Morgan fingerprint density at radius 2 is 2.00 bits per heavy atom. The second kappa shape index (κ2) is 8.35. The minimum absolute atomic E-state index is 0.357. The van der Waals surface area contributed by atoms with Crippen molar-refractivity contribution in [1.29, 1.82) is 0 Å². The molecule has 112 valence electrons. The monoisotopic (exact) mass is 295 g/mol. The van der Waals surface area contributed by atoms with Gasteiger partial charge in [0.05, 0.1) is 0 Å². The molecule has 0 N–H and O–H groups in total. The fourth-order valence-electron chi connectivity index (χ4n) is 2.52. The number of imidazole rings is 1. The van der Waals surface area contributed by atoms with Crippen LogP contribution < -0.4 is 0 Å². The summed E-state index contributed by atoms with van der Waals surface area (Å²) in [6.45, 7) is 4.98. The second-order valence-electron chi connectivity index (χ2n) is 5.33. The fraction of sp³-hybridized carbons (Fsp3) is 0.733. The first-order valence-corrected chi connectivity index (χ1v) is 8.76. The van der Waals surface area contributed by atoms with E-state index in [1.807, 2.05) is 36.0 Å². The SMILES string of the molecule is Cc1nccn1CCCCCCC(=O)N1CCSCC1. The lowest BCUT2D eigenvalue weighted by molar-refractivity contribution is -0.130. The maximum atomic E-state index is 12.0. The molecule has 20 heavy (non-hydrogen) atoms. The average Bonchev–Trinajstić information content (AvgIpc) is 2.89. The van der Waals surface area contributed by atoms with Crippen LogP contribution in [0.4, 0.5) is 0 Å². The summed E-state index contributed by atoms with van der Waals surface area (Å²) in [5.74, 6) is 3.66. The number of aryl methyl sites for hydroxylation is 2. The highest BCUT2D eigenvalue weighted by Gasteiger charge is 2.15. The van der Waals surface area contributed by atoms with Gasteiger partial charge in [-0.05, 0) is 19.8 Å². The van der Waals surface area contributed by atoms with Crippen LogP contribution in [0.1, 0.15) is 37.9 Å². The van der Waals surface area contributed by atoms with Crippen molar-refractivity contribution in [2.24, 2.45) is 0 Å². The van der Waals surface area contributed by atoms with Crippen LogP contribution in [-0.4, -0.2) is 45.0 Å². The van der Waals surface area contributed by atoms with Crippen molar-refractivity contribution in [3.8, 4) is 0 Å². The number of amides is 1. The van der Waals surface area contributed by atoms with Crippen LogP contribution in [0.25, 0.3) is 0 Å². The molecule has 1 aliphatic rings. The number of rotatable bonds is 7. The molecule has 5 heteroatoms. The van der Waals surface area contributed by atoms with Crippen molar-refractivity contribution in [3.63, 3.8) is 0 Å². The van der Waals surface area contributed by atoms with Gasteiger partial charge in [0.2, 0.25) is 5.91 Å². The molecule has 0 saturated carbocycles. The summed E-state index contributed by atoms with van der Waals surface area (Å²) >= 11 is 1.95. The van der Waals surface area contributed by atoms with Crippen LogP contribution >= 0.6 is 11.8 Å². The van der Waals surface area contributed by atoms with E-state index in [-0.39, 0.29) is 0 Å². The summed E-state index contributed by atoms with van der Waals surface area (Å²) in [6.07, 6.45) is 9.17. The van der Waals surface area contributed by atoms with Gasteiger partial charge in [-0.2, -0.15) is 11.8 Å². The molecule has 2 heterocycles. The first-order valence-electron chi connectivity index (χ1n) is 7.60. The molecule has 0 spiro atoms. The smallest absolute Gasteiger partial charge is 0.222 e. The zero-order valence-electron chi connectivity index (χ0n) is 12.4. The summed E-state index contributed by atoms with van der Waals surface area (Å²) in [6, 6.07) is 0. The fourth-order valence-corrected chi connectivity index (χ4v) is 3.43. The molecule has 1 fully saturated rings. The van der Waals surface area contributed by atoms with E-state index >= 15 is 0 Å². The first-order chi connectivity index (χ1) is 9.77. The van der Waals surface area contributed by atoms with E-state index in [0.29, 0.717) is 5.91 Å². The summed E-state index contributed by atoms with van der Waals surface area (Å²) in [4.78, 5) is 18.2. The molecule has 0 atom stereocenters. The molecule has 0 aromatic carbocycles. The van der Waals surface area contributed by atoms with Gasteiger partial charge < -0.3 is 9.47 Å². The first kappa shape index (κ1) is 15.4. The average molecular weight is 295 g/mol. The van der Waals surface area contributed by atoms with Gasteiger partial charge in [-0.3, -0.25) is 4.79 Å². The standard InChI is InChI=1S/C15H25N3OS/c1-14-16-7-9-17(14)8-5-3-2-4-6-15(19)18-10-12-20-13-11-18/h7,9H,2-6,8,10-13H2,1H3. The molecule has 0 aliphatic carbocycles. The Balaban J connectivity index is 1.51. The number of carbonyl (C=O) groups is 1. The molecule has 1 aliphatic heterocycles. The zero-order chi connectivity index (χ0) is 14.2. The van der Waals surface area contributed by atoms with Crippen LogP contribution in [0.2, 0.25) is 0 Å².